The summed E-state index contributed by atoms with van der Waals surface area (Å²) in [7, 11) is -3.72. The summed E-state index contributed by atoms with van der Waals surface area (Å²) in [4.78, 5) is 23.3. The van der Waals surface area contributed by atoms with Crippen molar-refractivity contribution in [1.29, 1.82) is 0 Å². The average molecular weight is 392 g/mol. The number of hydrogen-bond acceptors (Lipinski definition) is 5. The Morgan fingerprint density at radius 3 is 2.48 bits per heavy atom. The normalized spacial score (nSPS) is 19.7. The minimum absolute atomic E-state index is 0.0317. The molecule has 27 heavy (non-hydrogen) atoms. The van der Waals surface area contributed by atoms with Gasteiger partial charge in [-0.1, -0.05) is 0 Å². The number of hydrogen-bond donors (Lipinski definition) is 3. The van der Waals surface area contributed by atoms with Gasteiger partial charge in [0.25, 0.3) is 5.91 Å². The summed E-state index contributed by atoms with van der Waals surface area (Å²) in [5.41, 5.74) is 0.318. The topological polar surface area (TPSA) is 126 Å². The second-order valence-corrected chi connectivity index (χ2v) is 8.21. The molecule has 0 saturated heterocycles. The number of carbonyl (C=O) groups excluding carboxylic acids is 1. The van der Waals surface area contributed by atoms with Gasteiger partial charge in [-0.05, 0) is 55.7 Å². The van der Waals surface area contributed by atoms with Crippen molar-refractivity contribution in [3.8, 4) is 0 Å². The van der Waals surface area contributed by atoms with Crippen LogP contribution >= 0.6 is 0 Å². The maximum absolute atomic E-state index is 12.3. The molecule has 1 aliphatic rings. The fraction of sp³-hybridized carbons (Fsp3) is 0.333. The molecule has 0 radical (unpaired) electrons. The van der Waals surface area contributed by atoms with E-state index in [9.17, 15) is 18.0 Å². The van der Waals surface area contributed by atoms with Crippen molar-refractivity contribution >= 4 is 21.9 Å². The third kappa shape index (κ3) is 4.75. The molecule has 1 saturated carbocycles. The van der Waals surface area contributed by atoms with Gasteiger partial charge in [0.2, 0.25) is 10.0 Å². The molecular weight excluding hydrogens is 372 g/mol. The van der Waals surface area contributed by atoms with Crippen LogP contribution in [0.4, 0.5) is 0 Å². The van der Waals surface area contributed by atoms with Crippen LogP contribution in [0.25, 0.3) is 0 Å². The number of carboxylic acids is 1. The first-order chi connectivity index (χ1) is 12.8. The molecule has 8 nitrogen and oxygen atoms in total. The number of furan rings is 1. The van der Waals surface area contributed by atoms with Crippen LogP contribution in [0.3, 0.4) is 0 Å². The van der Waals surface area contributed by atoms with Crippen LogP contribution in [0.1, 0.15) is 35.4 Å². The highest BCUT2D eigenvalue weighted by Crippen LogP contribution is 2.26. The molecule has 0 bridgehead atoms. The first kappa shape index (κ1) is 19.1. The average Bonchev–Trinajstić information content (AvgIpc) is 3.32. The molecule has 9 heteroatoms. The van der Waals surface area contributed by atoms with E-state index in [-0.39, 0.29) is 23.4 Å². The SMILES string of the molecule is O=C(N[C@@H]1CC[C@H](C(=O)O)C1)c1ccc(S(=O)(=O)NCc2ccco2)cc1. The van der Waals surface area contributed by atoms with Crippen molar-refractivity contribution in [1.82, 2.24) is 10.0 Å². The van der Waals surface area contributed by atoms with Crippen LogP contribution in [0.2, 0.25) is 0 Å². The number of nitrogens with one attached hydrogen (secondary N) is 2. The predicted octanol–water partition coefficient (Wildman–Crippen LogP) is 1.74. The molecule has 2 aromatic rings. The predicted molar refractivity (Wildman–Crippen MR) is 95.4 cm³/mol. The largest absolute Gasteiger partial charge is 0.481 e. The minimum atomic E-state index is -3.72. The molecule has 0 spiro atoms. The molecule has 0 aliphatic heterocycles. The molecular formula is C18H20N2O6S. The number of sulfonamides is 1. The van der Waals surface area contributed by atoms with Crippen molar-refractivity contribution in [2.75, 3.05) is 0 Å². The Balaban J connectivity index is 1.59. The van der Waals surface area contributed by atoms with E-state index < -0.39 is 21.9 Å². The van der Waals surface area contributed by atoms with Crippen molar-refractivity contribution in [2.24, 2.45) is 5.92 Å². The fourth-order valence-corrected chi connectivity index (χ4v) is 4.05. The summed E-state index contributed by atoms with van der Waals surface area (Å²) in [5, 5.41) is 11.8. The number of aliphatic carboxylic acids is 1. The van der Waals surface area contributed by atoms with Crippen LogP contribution in [-0.4, -0.2) is 31.4 Å². The zero-order valence-electron chi connectivity index (χ0n) is 14.4. The number of carbonyl (C=O) groups is 2. The second-order valence-electron chi connectivity index (χ2n) is 6.45. The Labute approximate surface area is 156 Å². The Morgan fingerprint density at radius 2 is 1.89 bits per heavy atom. The lowest BCUT2D eigenvalue weighted by Gasteiger charge is -2.13. The molecule has 3 rings (SSSR count). The number of amides is 1. The van der Waals surface area contributed by atoms with Crippen molar-refractivity contribution in [3.63, 3.8) is 0 Å². The highest BCUT2D eigenvalue weighted by molar-refractivity contribution is 7.89. The fourth-order valence-electron chi connectivity index (χ4n) is 3.05. The third-order valence-electron chi connectivity index (χ3n) is 4.56. The van der Waals surface area contributed by atoms with Crippen LogP contribution in [0, 0.1) is 5.92 Å². The smallest absolute Gasteiger partial charge is 0.306 e. The van der Waals surface area contributed by atoms with Gasteiger partial charge in [0, 0.05) is 11.6 Å². The highest BCUT2D eigenvalue weighted by atomic mass is 32.2. The molecule has 1 fully saturated rings. The monoisotopic (exact) mass is 392 g/mol. The lowest BCUT2D eigenvalue weighted by atomic mass is 10.1. The first-order valence-electron chi connectivity index (χ1n) is 8.51. The summed E-state index contributed by atoms with van der Waals surface area (Å²) >= 11 is 0. The summed E-state index contributed by atoms with van der Waals surface area (Å²) in [6.07, 6.45) is 3.02. The molecule has 1 heterocycles. The van der Waals surface area contributed by atoms with Gasteiger partial charge in [0.1, 0.15) is 5.76 Å². The van der Waals surface area contributed by atoms with Gasteiger partial charge in [-0.2, -0.15) is 0 Å². The zero-order chi connectivity index (χ0) is 19.4. The molecule has 3 N–H and O–H groups in total. The van der Waals surface area contributed by atoms with E-state index >= 15 is 0 Å². The van der Waals surface area contributed by atoms with E-state index in [4.69, 9.17) is 9.52 Å². The Morgan fingerprint density at radius 1 is 1.15 bits per heavy atom. The van der Waals surface area contributed by atoms with E-state index in [0.29, 0.717) is 30.6 Å². The summed E-state index contributed by atoms with van der Waals surface area (Å²) in [5.74, 6) is -1.13. The van der Waals surface area contributed by atoms with Crippen LogP contribution in [0.5, 0.6) is 0 Å². The lowest BCUT2D eigenvalue weighted by Crippen LogP contribution is -2.33. The number of benzene rings is 1. The van der Waals surface area contributed by atoms with Gasteiger partial charge < -0.3 is 14.8 Å². The molecule has 1 aromatic heterocycles. The highest BCUT2D eigenvalue weighted by Gasteiger charge is 2.30. The van der Waals surface area contributed by atoms with E-state index in [2.05, 4.69) is 10.0 Å². The van der Waals surface area contributed by atoms with Crippen molar-refractivity contribution in [3.05, 3.63) is 54.0 Å². The summed E-state index contributed by atoms with van der Waals surface area (Å²) in [6.45, 7) is 0.0317. The number of rotatable bonds is 7. The van der Waals surface area contributed by atoms with Crippen molar-refractivity contribution in [2.45, 2.75) is 36.7 Å². The van der Waals surface area contributed by atoms with Gasteiger partial charge in [-0.25, -0.2) is 13.1 Å². The molecule has 144 valence electrons. The molecule has 2 atom stereocenters. The van der Waals surface area contributed by atoms with E-state index in [1.807, 2.05) is 0 Å². The standard InChI is InChI=1S/C18H20N2O6S/c21-17(20-14-6-3-13(10-14)18(22)23)12-4-7-16(8-5-12)27(24,25)19-11-15-2-1-9-26-15/h1-2,4-5,7-9,13-14,19H,3,6,10-11H2,(H,20,21)(H,22,23)/t13-,14+/m0/s1. The first-order valence-corrected chi connectivity index (χ1v) is 9.99. The molecule has 1 amide bonds. The summed E-state index contributed by atoms with van der Waals surface area (Å²) in [6, 6.07) is 8.72. The zero-order valence-corrected chi connectivity index (χ0v) is 15.2. The van der Waals surface area contributed by atoms with E-state index in [1.165, 1.54) is 30.5 Å². The maximum atomic E-state index is 12.3. The maximum Gasteiger partial charge on any atom is 0.306 e. The lowest BCUT2D eigenvalue weighted by molar-refractivity contribution is -0.141. The molecule has 1 aromatic carbocycles. The van der Waals surface area contributed by atoms with Gasteiger partial charge in [0.15, 0.2) is 0 Å². The third-order valence-corrected chi connectivity index (χ3v) is 5.98. The van der Waals surface area contributed by atoms with Crippen LogP contribution < -0.4 is 10.0 Å². The van der Waals surface area contributed by atoms with E-state index in [1.54, 1.807) is 12.1 Å². The Hall–Kier alpha value is -2.65. The van der Waals surface area contributed by atoms with Crippen LogP contribution in [0.15, 0.2) is 52.0 Å². The molecule has 0 unspecified atom stereocenters. The minimum Gasteiger partial charge on any atom is -0.481 e. The second kappa shape index (κ2) is 7.93. The Bertz CT molecular complexity index is 906. The van der Waals surface area contributed by atoms with E-state index in [0.717, 1.165) is 0 Å². The van der Waals surface area contributed by atoms with Gasteiger partial charge in [-0.3, -0.25) is 9.59 Å². The Kier molecular flexibility index (Phi) is 5.62. The van der Waals surface area contributed by atoms with Crippen molar-refractivity contribution < 1.29 is 27.5 Å². The van der Waals surface area contributed by atoms with Gasteiger partial charge in [0.05, 0.1) is 23.6 Å². The van der Waals surface area contributed by atoms with Gasteiger partial charge >= 0.3 is 5.97 Å². The van der Waals surface area contributed by atoms with Gasteiger partial charge in [-0.15, -0.1) is 0 Å². The number of carboxylic acid groups (broad SMARTS) is 1. The summed E-state index contributed by atoms with van der Waals surface area (Å²) < 4.78 is 32.1. The molecule has 1 aliphatic carbocycles. The van der Waals surface area contributed by atoms with Crippen LogP contribution in [-0.2, 0) is 21.4 Å². The quantitative estimate of drug-likeness (QED) is 0.659.